The van der Waals surface area contributed by atoms with Crippen LogP contribution in [0.2, 0.25) is 0 Å². The summed E-state index contributed by atoms with van der Waals surface area (Å²) in [5.41, 5.74) is 0. The first-order valence-electron chi connectivity index (χ1n) is 5.46. The molecule has 1 saturated heterocycles. The van der Waals surface area contributed by atoms with E-state index in [2.05, 4.69) is 17.3 Å². The zero-order valence-corrected chi connectivity index (χ0v) is 10.3. The maximum absolute atomic E-state index is 11.4. The first kappa shape index (κ1) is 10.5. The van der Waals surface area contributed by atoms with Crippen LogP contribution in [0, 0.1) is 17.8 Å². The van der Waals surface area contributed by atoms with Crippen LogP contribution in [-0.4, -0.2) is 27.2 Å². The molecule has 3 atom stereocenters. The molecule has 0 radical (unpaired) electrons. The van der Waals surface area contributed by atoms with E-state index in [4.69, 9.17) is 12.2 Å². The monoisotopic (exact) mass is 252 g/mol. The van der Waals surface area contributed by atoms with Crippen LogP contribution in [0.1, 0.15) is 12.8 Å². The van der Waals surface area contributed by atoms with Gasteiger partial charge in [0.25, 0.3) is 5.91 Å². The van der Waals surface area contributed by atoms with Crippen LogP contribution >= 0.6 is 24.0 Å². The van der Waals surface area contributed by atoms with Gasteiger partial charge in [-0.05, 0) is 24.7 Å². The number of fused-ring (bicyclic) bond motifs is 2. The van der Waals surface area contributed by atoms with E-state index in [-0.39, 0.29) is 5.91 Å². The number of allylic oxidation sites excluding steroid dienone is 2. The summed E-state index contributed by atoms with van der Waals surface area (Å²) < 4.78 is 0.583. The van der Waals surface area contributed by atoms with Crippen LogP contribution in [0.25, 0.3) is 0 Å². The normalized spacial score (nSPS) is 37.2. The fourth-order valence-electron chi connectivity index (χ4n) is 2.61. The maximum atomic E-state index is 11.4. The molecule has 0 unspecified atom stereocenters. The highest BCUT2D eigenvalue weighted by Crippen LogP contribution is 2.42. The summed E-state index contributed by atoms with van der Waals surface area (Å²) in [6, 6.07) is 0. The van der Waals surface area contributed by atoms with Crippen molar-refractivity contribution in [2.24, 2.45) is 22.9 Å². The fraction of sp³-hybridized carbons (Fsp3) is 0.545. The molecule has 16 heavy (non-hydrogen) atoms. The maximum Gasteiger partial charge on any atom is 0.259 e. The highest BCUT2D eigenvalue weighted by atomic mass is 32.2. The lowest BCUT2D eigenvalue weighted by molar-refractivity contribution is -0.124. The molecule has 2 bridgehead atoms. The van der Waals surface area contributed by atoms with Crippen molar-refractivity contribution in [2.75, 3.05) is 5.75 Å². The number of thiocarbonyl (C=S) groups is 1. The van der Waals surface area contributed by atoms with Gasteiger partial charge >= 0.3 is 0 Å². The number of nitrogens with zero attached hydrogens (tertiary/aromatic N) is 2. The second-order valence-corrected chi connectivity index (χ2v) is 6.08. The van der Waals surface area contributed by atoms with Crippen molar-refractivity contribution in [3.8, 4) is 0 Å². The molecule has 5 heteroatoms. The van der Waals surface area contributed by atoms with Crippen molar-refractivity contribution < 1.29 is 4.79 Å². The lowest BCUT2D eigenvalue weighted by atomic mass is 9.95. The second-order valence-electron chi connectivity index (χ2n) is 4.47. The van der Waals surface area contributed by atoms with Gasteiger partial charge in [-0.25, -0.2) is 0 Å². The molecule has 0 spiro atoms. The Labute approximate surface area is 104 Å². The van der Waals surface area contributed by atoms with Crippen molar-refractivity contribution >= 4 is 40.4 Å². The average molecular weight is 252 g/mol. The average Bonchev–Trinajstić information content (AvgIpc) is 2.94. The third kappa shape index (κ3) is 1.72. The summed E-state index contributed by atoms with van der Waals surface area (Å²) in [5, 5.41) is 5.62. The van der Waals surface area contributed by atoms with E-state index in [9.17, 15) is 4.79 Å². The quantitative estimate of drug-likeness (QED) is 0.428. The number of hydrogen-bond donors (Lipinski definition) is 0. The van der Waals surface area contributed by atoms with Crippen molar-refractivity contribution in [2.45, 2.75) is 12.8 Å². The van der Waals surface area contributed by atoms with E-state index < -0.39 is 0 Å². The number of carbonyl (C=O) groups is 1. The molecule has 84 valence electrons. The van der Waals surface area contributed by atoms with Crippen LogP contribution in [0.4, 0.5) is 0 Å². The molecular weight excluding hydrogens is 240 g/mol. The number of carbonyl (C=O) groups excluding carboxylic acids is 1. The zero-order chi connectivity index (χ0) is 11.1. The number of rotatable bonds is 2. The SMILES string of the molecule is O=C1CSC(=S)N1/N=C\[C@H]1C[C@H]2C=C[C@H]1C2. The van der Waals surface area contributed by atoms with Gasteiger partial charge in [0.05, 0.1) is 5.75 Å². The summed E-state index contributed by atoms with van der Waals surface area (Å²) in [5.74, 6) is 2.30. The molecule has 2 fully saturated rings. The third-order valence-corrected chi connectivity index (χ3v) is 4.77. The van der Waals surface area contributed by atoms with Crippen molar-refractivity contribution in [1.29, 1.82) is 0 Å². The summed E-state index contributed by atoms with van der Waals surface area (Å²) >= 11 is 6.46. The Morgan fingerprint density at radius 1 is 1.50 bits per heavy atom. The first-order chi connectivity index (χ1) is 7.74. The van der Waals surface area contributed by atoms with Gasteiger partial charge in [-0.1, -0.05) is 36.1 Å². The fourth-order valence-corrected chi connectivity index (χ4v) is 3.57. The lowest BCUT2D eigenvalue weighted by Gasteiger charge is -2.14. The highest BCUT2D eigenvalue weighted by Gasteiger charge is 2.35. The summed E-state index contributed by atoms with van der Waals surface area (Å²) in [6.45, 7) is 0. The van der Waals surface area contributed by atoms with E-state index in [1.165, 1.54) is 29.6 Å². The Bertz CT molecular complexity index is 389. The Morgan fingerprint density at radius 2 is 2.38 bits per heavy atom. The first-order valence-corrected chi connectivity index (χ1v) is 6.85. The molecule has 2 aliphatic carbocycles. The molecule has 1 amide bonds. The molecule has 1 aliphatic heterocycles. The minimum Gasteiger partial charge on any atom is -0.272 e. The number of thioether (sulfide) groups is 1. The predicted octanol–water partition coefficient (Wildman–Crippen LogP) is 2.04. The van der Waals surface area contributed by atoms with Gasteiger partial charge in [-0.15, -0.1) is 0 Å². The minimum atomic E-state index is 0.00458. The van der Waals surface area contributed by atoms with Crippen molar-refractivity contribution in [3.63, 3.8) is 0 Å². The van der Waals surface area contributed by atoms with Gasteiger partial charge in [0.1, 0.15) is 0 Å². The van der Waals surface area contributed by atoms with Gasteiger partial charge < -0.3 is 0 Å². The van der Waals surface area contributed by atoms with E-state index in [1.807, 2.05) is 6.21 Å². The molecule has 3 aliphatic rings. The molecule has 0 N–H and O–H groups in total. The van der Waals surface area contributed by atoms with Crippen molar-refractivity contribution in [1.82, 2.24) is 5.01 Å². The van der Waals surface area contributed by atoms with E-state index in [0.29, 0.717) is 21.9 Å². The van der Waals surface area contributed by atoms with E-state index >= 15 is 0 Å². The van der Waals surface area contributed by atoms with Gasteiger partial charge in [-0.2, -0.15) is 10.1 Å². The Hall–Kier alpha value is -0.680. The summed E-state index contributed by atoms with van der Waals surface area (Å²) in [4.78, 5) is 11.4. The zero-order valence-electron chi connectivity index (χ0n) is 8.70. The summed E-state index contributed by atoms with van der Waals surface area (Å²) in [7, 11) is 0. The second kappa shape index (κ2) is 3.96. The largest absolute Gasteiger partial charge is 0.272 e. The van der Waals surface area contributed by atoms with Gasteiger partial charge in [0.15, 0.2) is 4.32 Å². The topological polar surface area (TPSA) is 32.7 Å². The number of amides is 1. The molecule has 1 heterocycles. The van der Waals surface area contributed by atoms with Crippen LogP contribution in [0.3, 0.4) is 0 Å². The third-order valence-electron chi connectivity index (χ3n) is 3.43. The van der Waals surface area contributed by atoms with Crippen LogP contribution in [-0.2, 0) is 4.79 Å². The van der Waals surface area contributed by atoms with E-state index in [1.54, 1.807) is 0 Å². The van der Waals surface area contributed by atoms with Gasteiger partial charge in [0.2, 0.25) is 0 Å². The Balaban J connectivity index is 1.68. The molecule has 3 rings (SSSR count). The molecule has 3 nitrogen and oxygen atoms in total. The predicted molar refractivity (Wildman–Crippen MR) is 69.2 cm³/mol. The number of hydrazone groups is 1. The molecule has 1 saturated carbocycles. The Kier molecular flexibility index (Phi) is 2.59. The van der Waals surface area contributed by atoms with Crippen molar-refractivity contribution in [3.05, 3.63) is 12.2 Å². The molecule has 0 aromatic heterocycles. The van der Waals surface area contributed by atoms with E-state index in [0.717, 1.165) is 5.92 Å². The standard InChI is InChI=1S/C11H12N2OS2/c14-10-6-16-11(15)13(10)12-5-9-4-7-1-2-8(9)3-7/h1-2,5,7-9H,3-4,6H2/b12-5-/t7-,8-,9+/m0/s1. The molecular formula is C11H12N2OS2. The van der Waals surface area contributed by atoms with Crippen LogP contribution in [0.5, 0.6) is 0 Å². The molecule has 0 aromatic rings. The number of hydrogen-bond acceptors (Lipinski definition) is 4. The van der Waals surface area contributed by atoms with Crippen LogP contribution < -0.4 is 0 Å². The lowest BCUT2D eigenvalue weighted by Crippen LogP contribution is -2.23. The smallest absolute Gasteiger partial charge is 0.259 e. The Morgan fingerprint density at radius 3 is 2.94 bits per heavy atom. The minimum absolute atomic E-state index is 0.00458. The van der Waals surface area contributed by atoms with Gasteiger partial charge in [-0.3, -0.25) is 4.79 Å². The van der Waals surface area contributed by atoms with Crippen LogP contribution in [0.15, 0.2) is 17.3 Å². The summed E-state index contributed by atoms with van der Waals surface area (Å²) in [6.07, 6.45) is 8.93. The molecule has 0 aromatic carbocycles. The highest BCUT2D eigenvalue weighted by molar-refractivity contribution is 8.23. The van der Waals surface area contributed by atoms with Gasteiger partial charge in [0, 0.05) is 12.1 Å².